The van der Waals surface area contributed by atoms with E-state index in [9.17, 15) is 29.4 Å². The second kappa shape index (κ2) is 19.6. The lowest BCUT2D eigenvalue weighted by molar-refractivity contribution is -0.357. The number of nitrogens with one attached hydrogen (secondary N) is 1. The summed E-state index contributed by atoms with van der Waals surface area (Å²) >= 11 is 0. The van der Waals surface area contributed by atoms with E-state index in [2.05, 4.69) is 12.2 Å². The fraction of sp³-hybridized carbons (Fsp3) is 0.511. The highest BCUT2D eigenvalue weighted by atomic mass is 16.7. The van der Waals surface area contributed by atoms with Crippen molar-refractivity contribution in [1.29, 1.82) is 0 Å². The fourth-order valence-corrected chi connectivity index (χ4v) is 8.51. The monoisotopic (exact) mass is 798 g/mol. The molecule has 4 aliphatic heterocycles. The molecule has 0 radical (unpaired) electrons. The summed E-state index contributed by atoms with van der Waals surface area (Å²) < 4.78 is 31.7. The lowest BCUT2D eigenvalue weighted by Crippen LogP contribution is -2.69. The second-order valence-electron chi connectivity index (χ2n) is 15.5. The molecular formula is C45H54N2O11. The first kappa shape index (κ1) is 41.8. The van der Waals surface area contributed by atoms with Gasteiger partial charge in [0.2, 0.25) is 5.91 Å². The van der Waals surface area contributed by atoms with E-state index in [-0.39, 0.29) is 36.7 Å². The quantitative estimate of drug-likeness (QED) is 0.0939. The molecule has 0 aliphatic carbocycles. The van der Waals surface area contributed by atoms with E-state index in [1.165, 1.54) is 19.3 Å². The topological polar surface area (TPSA) is 170 Å². The zero-order valence-electron chi connectivity index (χ0n) is 32.9. The number of amides is 3. The number of carbonyl (C=O) groups excluding carboxylic acids is 4. The van der Waals surface area contributed by atoms with Gasteiger partial charge in [0.15, 0.2) is 18.4 Å². The molecule has 13 heteroatoms. The van der Waals surface area contributed by atoms with E-state index >= 15 is 0 Å². The van der Waals surface area contributed by atoms with Gasteiger partial charge in [-0.2, -0.15) is 0 Å². The Bertz CT molecular complexity index is 1830. The van der Waals surface area contributed by atoms with E-state index in [4.69, 9.17) is 23.7 Å². The molecule has 3 saturated heterocycles. The van der Waals surface area contributed by atoms with Crippen LogP contribution in [0.25, 0.3) is 0 Å². The van der Waals surface area contributed by atoms with Crippen LogP contribution in [0, 0.1) is 5.92 Å². The minimum Gasteiger partial charge on any atom is -0.394 e. The van der Waals surface area contributed by atoms with E-state index in [0.29, 0.717) is 12.0 Å². The average molecular weight is 799 g/mol. The summed E-state index contributed by atoms with van der Waals surface area (Å²) in [5.41, 5.74) is 1.43. The first-order valence-electron chi connectivity index (χ1n) is 20.7. The van der Waals surface area contributed by atoms with Crippen LogP contribution in [0.4, 0.5) is 0 Å². The zero-order chi connectivity index (χ0) is 40.6. The number of carbonyl (C=O) groups is 4. The summed E-state index contributed by atoms with van der Waals surface area (Å²) in [5.74, 6) is -3.31. The van der Waals surface area contributed by atoms with Gasteiger partial charge in [0.1, 0.15) is 30.3 Å². The van der Waals surface area contributed by atoms with Crippen LogP contribution >= 0.6 is 0 Å². The number of unbranched alkanes of at least 4 members (excludes halogenated alkanes) is 7. The lowest BCUT2D eigenvalue weighted by Gasteiger charge is -2.50. The van der Waals surface area contributed by atoms with Gasteiger partial charge in [0.05, 0.1) is 49.1 Å². The van der Waals surface area contributed by atoms with Gasteiger partial charge in [-0.3, -0.25) is 24.1 Å². The van der Waals surface area contributed by atoms with E-state index in [1.54, 1.807) is 54.6 Å². The Kier molecular flexibility index (Phi) is 14.1. The molecular weight excluding hydrogens is 744 g/mol. The third-order valence-corrected chi connectivity index (χ3v) is 11.6. The van der Waals surface area contributed by atoms with Crippen molar-refractivity contribution in [3.8, 4) is 0 Å². The summed E-state index contributed by atoms with van der Waals surface area (Å²) in [6.07, 6.45) is 0.681. The molecule has 0 bridgehead atoms. The van der Waals surface area contributed by atoms with Crippen LogP contribution in [-0.4, -0.2) is 107 Å². The molecule has 3 aromatic rings. The fourth-order valence-electron chi connectivity index (χ4n) is 8.51. The van der Waals surface area contributed by atoms with Crippen molar-refractivity contribution in [2.75, 3.05) is 19.8 Å². The third-order valence-electron chi connectivity index (χ3n) is 11.6. The molecule has 5 unspecified atom stereocenters. The molecule has 4 aliphatic rings. The predicted molar refractivity (Wildman–Crippen MR) is 211 cm³/mol. The van der Waals surface area contributed by atoms with Crippen molar-refractivity contribution < 1.29 is 53.1 Å². The highest BCUT2D eigenvalue weighted by Crippen LogP contribution is 2.40. The molecule has 0 aromatic heterocycles. The minimum absolute atomic E-state index is 0.0129. The Balaban J connectivity index is 1.18. The second-order valence-corrected chi connectivity index (χ2v) is 15.5. The molecule has 0 spiro atoms. The van der Waals surface area contributed by atoms with Crippen LogP contribution in [0.1, 0.15) is 108 Å². The van der Waals surface area contributed by atoms with Crippen molar-refractivity contribution in [2.45, 2.75) is 120 Å². The van der Waals surface area contributed by atoms with Gasteiger partial charge in [0.25, 0.3) is 11.8 Å². The lowest BCUT2D eigenvalue weighted by atomic mass is 9.84. The number of hydrogen-bond donors (Lipinski definition) is 3. The van der Waals surface area contributed by atoms with Crippen LogP contribution in [0.15, 0.2) is 84.9 Å². The van der Waals surface area contributed by atoms with Gasteiger partial charge < -0.3 is 39.2 Å². The number of benzene rings is 3. The Morgan fingerprint density at radius 1 is 0.793 bits per heavy atom. The molecule has 7 rings (SSSR count). The van der Waals surface area contributed by atoms with E-state index in [0.717, 1.165) is 36.1 Å². The number of hydrogen-bond acceptors (Lipinski definition) is 11. The number of rotatable bonds is 17. The standard InChI is InChI=1S/C45H54N2O11/c1-2-3-4-5-6-7-8-15-24-35(49)46-37-33(25-48)54-26-32(47-42(52)30-22-16-17-23-31(30)43(47)53)40(37)57-45-36(38(50)28-18-11-9-12-19-28)39(51)41-34(56-45)27-55-44(58-41)29-20-13-10-14-21-29/h9-14,16-23,32-34,36-37,39-41,44-45,48,51H,2-8,15,24-27H2,1H3,(H,46,49)/t32?,33?,34?,36?,37-,39+,40+,41-,44?,45+/m0/s1. The van der Waals surface area contributed by atoms with Crippen LogP contribution in [0.3, 0.4) is 0 Å². The van der Waals surface area contributed by atoms with Crippen LogP contribution in [0.5, 0.6) is 0 Å². The van der Waals surface area contributed by atoms with Crippen molar-refractivity contribution in [3.63, 3.8) is 0 Å². The van der Waals surface area contributed by atoms with Crippen molar-refractivity contribution in [3.05, 3.63) is 107 Å². The van der Waals surface area contributed by atoms with Gasteiger partial charge in [-0.25, -0.2) is 0 Å². The number of ether oxygens (including phenoxy) is 5. The molecule has 3 fully saturated rings. The van der Waals surface area contributed by atoms with Gasteiger partial charge in [-0.1, -0.05) is 125 Å². The molecule has 10 atom stereocenters. The van der Waals surface area contributed by atoms with Crippen molar-refractivity contribution in [2.24, 2.45) is 5.92 Å². The van der Waals surface area contributed by atoms with E-state index < -0.39 is 85.3 Å². The number of nitrogens with zero attached hydrogens (tertiary/aromatic N) is 1. The molecule has 3 aromatic carbocycles. The Labute approximate surface area is 338 Å². The molecule has 58 heavy (non-hydrogen) atoms. The van der Waals surface area contributed by atoms with Gasteiger partial charge in [-0.05, 0) is 18.6 Å². The van der Waals surface area contributed by atoms with Crippen molar-refractivity contribution in [1.82, 2.24) is 10.2 Å². The summed E-state index contributed by atoms with van der Waals surface area (Å²) in [6.45, 7) is 1.40. The summed E-state index contributed by atoms with van der Waals surface area (Å²) in [7, 11) is 0. The van der Waals surface area contributed by atoms with Gasteiger partial charge in [-0.15, -0.1) is 0 Å². The first-order chi connectivity index (χ1) is 28.3. The molecule has 310 valence electrons. The highest BCUT2D eigenvalue weighted by Gasteiger charge is 2.56. The zero-order valence-corrected chi connectivity index (χ0v) is 32.9. The predicted octanol–water partition coefficient (Wildman–Crippen LogP) is 5.14. The smallest absolute Gasteiger partial charge is 0.261 e. The number of ketones is 1. The Hall–Kier alpha value is -4.34. The maximum absolute atomic E-state index is 14.4. The molecule has 3 amide bonds. The number of aliphatic hydroxyl groups is 2. The number of Topliss-reactive ketones (excluding diaryl/α,β-unsaturated/α-hetero) is 1. The SMILES string of the molecule is CCCCCCCCCCC(=O)N[C@H]1C(CO)OCC(N2C(=O)c3ccccc3C2=O)[C@H]1O[C@H]1OC2COC(c3ccccc3)O[C@@H]2[C@H](O)C1C(=O)c1ccccc1. The molecule has 13 nitrogen and oxygen atoms in total. The normalized spacial score (nSPS) is 29.5. The van der Waals surface area contributed by atoms with Crippen molar-refractivity contribution >= 4 is 23.5 Å². The minimum atomic E-state index is -1.48. The Morgan fingerprint density at radius 3 is 2.07 bits per heavy atom. The maximum Gasteiger partial charge on any atom is 0.261 e. The first-order valence-corrected chi connectivity index (χ1v) is 20.7. The molecule has 4 heterocycles. The maximum atomic E-state index is 14.4. The number of aliphatic hydroxyl groups excluding tert-OH is 2. The van der Waals surface area contributed by atoms with Crippen LogP contribution in [0.2, 0.25) is 0 Å². The summed E-state index contributed by atoms with van der Waals surface area (Å²) in [5, 5.41) is 25.7. The van der Waals surface area contributed by atoms with Crippen LogP contribution < -0.4 is 5.32 Å². The molecule has 0 saturated carbocycles. The third kappa shape index (κ3) is 9.11. The molecule has 3 N–H and O–H groups in total. The highest BCUT2D eigenvalue weighted by molar-refractivity contribution is 6.21. The van der Waals surface area contributed by atoms with Gasteiger partial charge >= 0.3 is 0 Å². The number of imide groups is 1. The average Bonchev–Trinajstić information content (AvgIpc) is 3.51. The Morgan fingerprint density at radius 2 is 1.41 bits per heavy atom. The largest absolute Gasteiger partial charge is 0.394 e. The van der Waals surface area contributed by atoms with Crippen LogP contribution in [-0.2, 0) is 28.5 Å². The van der Waals surface area contributed by atoms with E-state index in [1.807, 2.05) is 30.3 Å². The van der Waals surface area contributed by atoms with Gasteiger partial charge in [0, 0.05) is 17.5 Å². The number of fused-ring (bicyclic) bond motifs is 2. The summed E-state index contributed by atoms with van der Waals surface area (Å²) in [4.78, 5) is 57.1. The summed E-state index contributed by atoms with van der Waals surface area (Å²) in [6, 6.07) is 21.9.